The zero-order valence-electron chi connectivity index (χ0n) is 8.13. The summed E-state index contributed by atoms with van der Waals surface area (Å²) in [6.45, 7) is 0.561. The molecule has 0 unspecified atom stereocenters. The number of nitrogens with zero attached hydrogens (tertiary/aromatic N) is 2. The van der Waals surface area contributed by atoms with E-state index in [-0.39, 0.29) is 5.56 Å². The predicted octanol–water partition coefficient (Wildman–Crippen LogP) is 2.41. The van der Waals surface area contributed by atoms with E-state index in [2.05, 4.69) is 5.32 Å². The molecule has 0 radical (unpaired) electrons. The summed E-state index contributed by atoms with van der Waals surface area (Å²) in [5, 5.41) is 20.0. The lowest BCUT2D eigenvalue weighted by molar-refractivity contribution is 0.624. The average Bonchev–Trinajstić information content (AvgIpc) is 2.24. The normalized spacial score (nSPS) is 9.00. The maximum absolute atomic E-state index is 13.1. The van der Waals surface area contributed by atoms with Gasteiger partial charge in [-0.15, -0.1) is 0 Å². The molecule has 0 aliphatic heterocycles. The van der Waals surface area contributed by atoms with Gasteiger partial charge in [0.15, 0.2) is 0 Å². The van der Waals surface area contributed by atoms with E-state index in [1.165, 1.54) is 6.07 Å². The van der Waals surface area contributed by atoms with Gasteiger partial charge in [0.2, 0.25) is 0 Å². The van der Waals surface area contributed by atoms with E-state index in [4.69, 9.17) is 10.5 Å². The van der Waals surface area contributed by atoms with E-state index < -0.39 is 5.82 Å². The van der Waals surface area contributed by atoms with Crippen LogP contribution in [0.15, 0.2) is 18.2 Å². The fourth-order valence-electron chi connectivity index (χ4n) is 1.18. The first kappa shape index (κ1) is 11.0. The standard InChI is InChI=1S/C11H10FN3/c12-10-4-3-5-11(9(10)8-14)15-7-2-1-6-13/h3-5,15H,1-2,7H2. The van der Waals surface area contributed by atoms with Gasteiger partial charge in [-0.1, -0.05) is 6.07 Å². The summed E-state index contributed by atoms with van der Waals surface area (Å²) in [6.07, 6.45) is 1.13. The number of hydrogen-bond acceptors (Lipinski definition) is 3. The molecule has 0 heterocycles. The Labute approximate surface area is 87.8 Å². The fourth-order valence-corrected chi connectivity index (χ4v) is 1.18. The van der Waals surface area contributed by atoms with Crippen molar-refractivity contribution in [1.82, 2.24) is 0 Å². The Morgan fingerprint density at radius 3 is 2.80 bits per heavy atom. The Hall–Kier alpha value is -2.07. The largest absolute Gasteiger partial charge is 0.384 e. The van der Waals surface area contributed by atoms with Gasteiger partial charge in [-0.3, -0.25) is 0 Å². The molecule has 0 aromatic heterocycles. The minimum atomic E-state index is -0.525. The molecule has 1 N–H and O–H groups in total. The number of benzene rings is 1. The molecular formula is C11H10FN3. The first-order chi connectivity index (χ1) is 7.29. The van der Waals surface area contributed by atoms with Gasteiger partial charge in [-0.2, -0.15) is 10.5 Å². The number of nitrogens with one attached hydrogen (secondary N) is 1. The Kier molecular flexibility index (Phi) is 4.12. The van der Waals surface area contributed by atoms with Gasteiger partial charge in [0.05, 0.1) is 11.8 Å². The molecule has 0 saturated carbocycles. The summed E-state index contributed by atoms with van der Waals surface area (Å²) in [5.74, 6) is -0.525. The minimum Gasteiger partial charge on any atom is -0.384 e. The molecule has 0 bridgehead atoms. The van der Waals surface area contributed by atoms with Crippen molar-refractivity contribution >= 4 is 5.69 Å². The van der Waals surface area contributed by atoms with Crippen LogP contribution >= 0.6 is 0 Å². The number of hydrogen-bond donors (Lipinski definition) is 1. The van der Waals surface area contributed by atoms with E-state index in [0.29, 0.717) is 25.1 Å². The van der Waals surface area contributed by atoms with Gasteiger partial charge < -0.3 is 5.32 Å². The van der Waals surface area contributed by atoms with Crippen molar-refractivity contribution in [3.8, 4) is 12.1 Å². The van der Waals surface area contributed by atoms with Crippen molar-refractivity contribution in [3.63, 3.8) is 0 Å². The van der Waals surface area contributed by atoms with Crippen LogP contribution in [-0.2, 0) is 0 Å². The molecule has 1 aromatic carbocycles. The second kappa shape index (κ2) is 5.62. The number of rotatable bonds is 4. The van der Waals surface area contributed by atoms with E-state index in [1.54, 1.807) is 18.2 Å². The van der Waals surface area contributed by atoms with Crippen molar-refractivity contribution in [3.05, 3.63) is 29.6 Å². The highest BCUT2D eigenvalue weighted by atomic mass is 19.1. The highest BCUT2D eigenvalue weighted by Gasteiger charge is 2.06. The van der Waals surface area contributed by atoms with Crippen molar-refractivity contribution in [2.45, 2.75) is 12.8 Å². The van der Waals surface area contributed by atoms with Crippen LogP contribution in [0.25, 0.3) is 0 Å². The molecule has 0 saturated heterocycles. The van der Waals surface area contributed by atoms with E-state index in [0.717, 1.165) is 0 Å². The summed E-state index contributed by atoms with van der Waals surface area (Å²) < 4.78 is 13.1. The van der Waals surface area contributed by atoms with Crippen LogP contribution in [0, 0.1) is 28.5 Å². The smallest absolute Gasteiger partial charge is 0.143 e. The molecule has 0 spiro atoms. The van der Waals surface area contributed by atoms with Crippen molar-refractivity contribution in [2.24, 2.45) is 0 Å². The molecule has 0 amide bonds. The lowest BCUT2D eigenvalue weighted by Crippen LogP contribution is -2.03. The molecule has 1 aromatic rings. The quantitative estimate of drug-likeness (QED) is 0.764. The molecule has 4 heteroatoms. The molecule has 0 aliphatic carbocycles. The third-order valence-corrected chi connectivity index (χ3v) is 1.91. The summed E-state index contributed by atoms with van der Waals surface area (Å²) in [7, 11) is 0. The lowest BCUT2D eigenvalue weighted by atomic mass is 10.2. The van der Waals surface area contributed by atoms with Crippen LogP contribution in [0.2, 0.25) is 0 Å². The summed E-state index contributed by atoms with van der Waals surface area (Å²) in [4.78, 5) is 0. The zero-order valence-corrected chi connectivity index (χ0v) is 8.13. The zero-order chi connectivity index (χ0) is 11.1. The number of nitriles is 2. The number of halogens is 1. The van der Waals surface area contributed by atoms with Crippen molar-refractivity contribution in [2.75, 3.05) is 11.9 Å². The highest BCUT2D eigenvalue weighted by molar-refractivity contribution is 5.57. The van der Waals surface area contributed by atoms with Crippen LogP contribution < -0.4 is 5.32 Å². The Balaban J connectivity index is 2.66. The van der Waals surface area contributed by atoms with Crippen LogP contribution in [0.3, 0.4) is 0 Å². The second-order valence-corrected chi connectivity index (χ2v) is 2.96. The average molecular weight is 203 g/mol. The monoisotopic (exact) mass is 203 g/mol. The second-order valence-electron chi connectivity index (χ2n) is 2.96. The Bertz CT molecular complexity index is 415. The van der Waals surface area contributed by atoms with Crippen molar-refractivity contribution < 1.29 is 4.39 Å². The predicted molar refractivity (Wildman–Crippen MR) is 54.5 cm³/mol. The Morgan fingerprint density at radius 2 is 2.13 bits per heavy atom. The van der Waals surface area contributed by atoms with Gasteiger partial charge in [-0.25, -0.2) is 4.39 Å². The topological polar surface area (TPSA) is 59.6 Å². The third kappa shape index (κ3) is 2.96. The number of anilines is 1. The molecule has 15 heavy (non-hydrogen) atoms. The first-order valence-electron chi connectivity index (χ1n) is 4.59. The van der Waals surface area contributed by atoms with Gasteiger partial charge in [0.25, 0.3) is 0 Å². The molecule has 0 aliphatic rings. The van der Waals surface area contributed by atoms with E-state index in [9.17, 15) is 4.39 Å². The van der Waals surface area contributed by atoms with Crippen LogP contribution in [0.5, 0.6) is 0 Å². The maximum Gasteiger partial charge on any atom is 0.143 e. The van der Waals surface area contributed by atoms with Gasteiger partial charge >= 0.3 is 0 Å². The van der Waals surface area contributed by atoms with Gasteiger partial charge in [0, 0.05) is 13.0 Å². The van der Waals surface area contributed by atoms with Crippen molar-refractivity contribution in [1.29, 1.82) is 10.5 Å². The lowest BCUT2D eigenvalue weighted by Gasteiger charge is -2.06. The molecule has 76 valence electrons. The molecular weight excluding hydrogens is 193 g/mol. The Morgan fingerprint density at radius 1 is 1.33 bits per heavy atom. The van der Waals surface area contributed by atoms with E-state index in [1.807, 2.05) is 6.07 Å². The highest BCUT2D eigenvalue weighted by Crippen LogP contribution is 2.17. The summed E-state index contributed by atoms with van der Waals surface area (Å²) in [6, 6.07) is 8.26. The number of unbranched alkanes of at least 4 members (excludes halogenated alkanes) is 1. The fraction of sp³-hybridized carbons (Fsp3) is 0.273. The van der Waals surface area contributed by atoms with Crippen LogP contribution in [0.1, 0.15) is 18.4 Å². The molecule has 0 fully saturated rings. The molecule has 0 atom stereocenters. The SMILES string of the molecule is N#CCCCNc1cccc(F)c1C#N. The molecule has 1 rings (SSSR count). The summed E-state index contributed by atoms with van der Waals surface area (Å²) >= 11 is 0. The maximum atomic E-state index is 13.1. The van der Waals surface area contributed by atoms with E-state index >= 15 is 0 Å². The summed E-state index contributed by atoms with van der Waals surface area (Å²) in [5.41, 5.74) is 0.505. The van der Waals surface area contributed by atoms with Gasteiger partial charge in [0.1, 0.15) is 17.4 Å². The minimum absolute atomic E-state index is 0.0226. The first-order valence-corrected chi connectivity index (χ1v) is 4.59. The van der Waals surface area contributed by atoms with Gasteiger partial charge in [-0.05, 0) is 18.6 Å². The molecule has 3 nitrogen and oxygen atoms in total. The van der Waals surface area contributed by atoms with Crippen LogP contribution in [0.4, 0.5) is 10.1 Å². The third-order valence-electron chi connectivity index (χ3n) is 1.91. The van der Waals surface area contributed by atoms with Crippen LogP contribution in [-0.4, -0.2) is 6.54 Å².